The van der Waals surface area contributed by atoms with Crippen LogP contribution in [0.1, 0.15) is 48.2 Å². The van der Waals surface area contributed by atoms with Crippen molar-refractivity contribution in [1.82, 2.24) is 30.8 Å². The third-order valence-electron chi connectivity index (χ3n) is 9.11. The van der Waals surface area contributed by atoms with Crippen molar-refractivity contribution in [2.45, 2.75) is 38.3 Å². The molecule has 1 aromatic heterocycles. The number of benzene rings is 3. The lowest BCUT2D eigenvalue weighted by Crippen LogP contribution is -2.51. The summed E-state index contributed by atoms with van der Waals surface area (Å²) in [7, 11) is 0. The fourth-order valence-electron chi connectivity index (χ4n) is 6.78. The van der Waals surface area contributed by atoms with Gasteiger partial charge in [0.1, 0.15) is 12.4 Å². The van der Waals surface area contributed by atoms with Crippen molar-refractivity contribution in [2.24, 2.45) is 16.8 Å². The second kappa shape index (κ2) is 13.1. The highest BCUT2D eigenvalue weighted by Crippen LogP contribution is 2.34. The Morgan fingerprint density at radius 2 is 1.64 bits per heavy atom. The van der Waals surface area contributed by atoms with E-state index in [-0.39, 0.29) is 23.7 Å². The lowest BCUT2D eigenvalue weighted by Gasteiger charge is -2.29. The van der Waals surface area contributed by atoms with Crippen LogP contribution in [0, 0.1) is 17.7 Å². The number of rotatable bonds is 7. The van der Waals surface area contributed by atoms with Gasteiger partial charge in [0.2, 0.25) is 12.1 Å². The number of tetrazole rings is 1. The largest absolute Gasteiger partial charge is 0.341 e. The maximum Gasteiger partial charge on any atom is 0.321 e. The maximum absolute atomic E-state index is 15.3. The summed E-state index contributed by atoms with van der Waals surface area (Å²) < 4.78 is 15.3. The molecule has 13 heteroatoms. The maximum atomic E-state index is 15.3. The second-order valence-electron chi connectivity index (χ2n) is 12.3. The molecule has 4 heterocycles. The highest BCUT2D eigenvalue weighted by atomic mass is 19.1. The number of carbonyl (C=O) groups is 3. The van der Waals surface area contributed by atoms with Crippen LogP contribution >= 0.6 is 0 Å². The zero-order chi connectivity index (χ0) is 32.3. The molecule has 3 fully saturated rings. The molecule has 0 radical (unpaired) electrons. The number of aromatic nitrogens is 4. The number of urea groups is 1. The van der Waals surface area contributed by atoms with Gasteiger partial charge >= 0.3 is 6.03 Å². The zero-order valence-corrected chi connectivity index (χ0v) is 25.6. The Bertz CT molecular complexity index is 1810. The molecule has 4 amide bonds. The van der Waals surface area contributed by atoms with Gasteiger partial charge in [-0.15, -0.1) is 10.2 Å². The summed E-state index contributed by atoms with van der Waals surface area (Å²) in [6.07, 6.45) is 3.39. The predicted octanol–water partition coefficient (Wildman–Crippen LogP) is 3.91. The fraction of sp³-hybridized carbons (Fsp3) is 0.324. The molecule has 12 nitrogen and oxygen atoms in total. The van der Waals surface area contributed by atoms with E-state index in [9.17, 15) is 14.4 Å². The molecule has 1 aliphatic carbocycles. The summed E-state index contributed by atoms with van der Waals surface area (Å²) in [6, 6.07) is 19.6. The number of aromatic amines is 1. The van der Waals surface area contributed by atoms with E-state index in [1.54, 1.807) is 60.7 Å². The van der Waals surface area contributed by atoms with E-state index in [1.807, 2.05) is 11.0 Å². The summed E-state index contributed by atoms with van der Waals surface area (Å²) in [5.74, 6) is 0.125. The summed E-state index contributed by atoms with van der Waals surface area (Å²) in [6.45, 7) is 1.12. The van der Waals surface area contributed by atoms with Gasteiger partial charge in [-0.3, -0.25) is 14.5 Å². The van der Waals surface area contributed by atoms with E-state index in [1.165, 1.54) is 11.0 Å². The first kappa shape index (κ1) is 30.2. The Morgan fingerprint density at radius 1 is 0.915 bits per heavy atom. The van der Waals surface area contributed by atoms with Crippen LogP contribution < -0.4 is 15.5 Å². The SMILES string of the molecule is O=C(Nc1cccc(Cc2nn[nH]n2)c1)N[C@@H]1N=C(c2ccccc2F)c2ccccc2N(CC(=O)N2CC3CCC(CC3)C2)C1=O. The lowest BCUT2D eigenvalue weighted by molar-refractivity contribution is -0.132. The Hall–Kier alpha value is -5.46. The smallest absolute Gasteiger partial charge is 0.321 e. The highest BCUT2D eigenvalue weighted by molar-refractivity contribution is 6.21. The van der Waals surface area contributed by atoms with Crippen molar-refractivity contribution in [3.05, 3.63) is 101 Å². The Labute approximate surface area is 270 Å². The van der Waals surface area contributed by atoms with Crippen molar-refractivity contribution < 1.29 is 18.8 Å². The van der Waals surface area contributed by atoms with Crippen LogP contribution in [0.15, 0.2) is 77.8 Å². The second-order valence-corrected chi connectivity index (χ2v) is 12.3. The number of nitrogens with one attached hydrogen (secondary N) is 3. The Balaban J connectivity index is 1.19. The Kier molecular flexibility index (Phi) is 8.42. The number of anilines is 2. The number of halogens is 1. The number of benzodiazepines with no additional fused rings is 1. The molecule has 0 unspecified atom stereocenters. The van der Waals surface area contributed by atoms with Gasteiger partial charge < -0.3 is 15.5 Å². The molecule has 2 saturated heterocycles. The minimum atomic E-state index is -1.45. The number of para-hydroxylation sites is 1. The molecule has 47 heavy (non-hydrogen) atoms. The molecular weight excluding hydrogens is 601 g/mol. The summed E-state index contributed by atoms with van der Waals surface area (Å²) in [4.78, 5) is 49.5. The summed E-state index contributed by atoms with van der Waals surface area (Å²) in [5.41, 5.74) is 2.57. The normalized spacial score (nSPS) is 20.6. The van der Waals surface area contributed by atoms with Crippen LogP contribution in [0.2, 0.25) is 0 Å². The van der Waals surface area contributed by atoms with Crippen LogP contribution in [-0.4, -0.2) is 74.9 Å². The van der Waals surface area contributed by atoms with E-state index in [0.717, 1.165) is 31.2 Å². The first-order chi connectivity index (χ1) is 22.9. The van der Waals surface area contributed by atoms with Gasteiger partial charge in [-0.1, -0.05) is 47.7 Å². The standard InChI is InChI=1S/C34H34FN9O3/c35-27-10-3-1-8-25(27)31-26-9-2-4-11-28(26)44(20-30(45)43-18-21-12-13-22(19-43)15-14-21)33(46)32(37-31)38-34(47)36-24-7-5-6-23(16-24)17-29-39-41-42-40-29/h1-11,16,21-22,32H,12-15,17-20H2,(H2,36,38,47)(H,39,40,41,42)/t21?,22?,32-/m0/s1. The van der Waals surface area contributed by atoms with Gasteiger partial charge in [-0.2, -0.15) is 5.21 Å². The van der Waals surface area contributed by atoms with E-state index in [0.29, 0.717) is 54.1 Å². The fourth-order valence-corrected chi connectivity index (χ4v) is 6.78. The van der Waals surface area contributed by atoms with Gasteiger partial charge in [-0.25, -0.2) is 14.2 Å². The predicted molar refractivity (Wildman–Crippen MR) is 172 cm³/mol. The van der Waals surface area contributed by atoms with Gasteiger partial charge in [0, 0.05) is 36.3 Å². The Morgan fingerprint density at radius 3 is 2.36 bits per heavy atom. The first-order valence-corrected chi connectivity index (χ1v) is 15.8. The van der Waals surface area contributed by atoms with Crippen molar-refractivity contribution in [2.75, 3.05) is 29.9 Å². The molecular formula is C34H34FN9O3. The lowest BCUT2D eigenvalue weighted by atomic mass is 9.84. The molecule has 3 aromatic carbocycles. The first-order valence-electron chi connectivity index (χ1n) is 15.8. The van der Waals surface area contributed by atoms with Crippen LogP contribution in [0.3, 0.4) is 0 Å². The van der Waals surface area contributed by atoms with E-state index in [2.05, 4.69) is 36.3 Å². The molecule has 3 aliphatic heterocycles. The third kappa shape index (κ3) is 6.60. The topological polar surface area (TPSA) is 149 Å². The number of fused-ring (bicyclic) bond motifs is 5. The third-order valence-corrected chi connectivity index (χ3v) is 9.11. The van der Waals surface area contributed by atoms with Crippen LogP contribution in [0.25, 0.3) is 0 Å². The van der Waals surface area contributed by atoms with Crippen LogP contribution in [0.4, 0.5) is 20.6 Å². The van der Waals surface area contributed by atoms with Crippen LogP contribution in [-0.2, 0) is 16.0 Å². The zero-order valence-electron chi connectivity index (χ0n) is 25.6. The number of hydrogen-bond acceptors (Lipinski definition) is 7. The average Bonchev–Trinajstić information content (AvgIpc) is 3.34. The number of aliphatic imine (C=N–C) groups is 1. The molecule has 1 saturated carbocycles. The van der Waals surface area contributed by atoms with Crippen molar-refractivity contribution in [1.29, 1.82) is 0 Å². The highest BCUT2D eigenvalue weighted by Gasteiger charge is 2.37. The molecule has 4 aliphatic rings. The molecule has 8 rings (SSSR count). The summed E-state index contributed by atoms with van der Waals surface area (Å²) >= 11 is 0. The minimum absolute atomic E-state index is 0.164. The quantitative estimate of drug-likeness (QED) is 0.281. The van der Waals surface area contributed by atoms with Gasteiger partial charge in [0.15, 0.2) is 5.82 Å². The monoisotopic (exact) mass is 635 g/mol. The van der Waals surface area contributed by atoms with Gasteiger partial charge in [0.05, 0.1) is 11.4 Å². The number of amides is 4. The van der Waals surface area contributed by atoms with Crippen LogP contribution in [0.5, 0.6) is 0 Å². The number of hydrogen-bond donors (Lipinski definition) is 3. The van der Waals surface area contributed by atoms with Crippen molar-refractivity contribution in [3.63, 3.8) is 0 Å². The van der Waals surface area contributed by atoms with Gasteiger partial charge in [-0.05, 0) is 73.4 Å². The molecule has 1 atom stereocenters. The molecule has 2 bridgehead atoms. The number of nitrogens with zero attached hydrogens (tertiary/aromatic N) is 6. The number of carbonyl (C=O) groups excluding carboxylic acids is 3. The molecule has 0 spiro atoms. The van der Waals surface area contributed by atoms with Crippen molar-refractivity contribution in [3.8, 4) is 0 Å². The van der Waals surface area contributed by atoms with Crippen molar-refractivity contribution >= 4 is 34.9 Å². The van der Waals surface area contributed by atoms with E-state index < -0.39 is 23.9 Å². The average molecular weight is 636 g/mol. The molecule has 240 valence electrons. The van der Waals surface area contributed by atoms with E-state index >= 15 is 4.39 Å². The number of H-pyrrole nitrogens is 1. The molecule has 4 aromatic rings. The molecule has 3 N–H and O–H groups in total. The van der Waals surface area contributed by atoms with E-state index in [4.69, 9.17) is 0 Å². The minimum Gasteiger partial charge on any atom is -0.341 e. The summed E-state index contributed by atoms with van der Waals surface area (Å²) in [5, 5.41) is 19.4. The van der Waals surface area contributed by atoms with Gasteiger partial charge in [0.25, 0.3) is 5.91 Å².